The second-order valence-electron chi connectivity index (χ2n) is 5.03. The quantitative estimate of drug-likeness (QED) is 0.708. The highest BCUT2D eigenvalue weighted by Crippen LogP contribution is 2.37. The summed E-state index contributed by atoms with van der Waals surface area (Å²) in [5.41, 5.74) is 1.29. The lowest BCUT2D eigenvalue weighted by atomic mass is 10.1. The molecule has 1 aliphatic carbocycles. The molecule has 0 aliphatic heterocycles. The molecule has 0 N–H and O–H groups in total. The number of hydrogen-bond donors (Lipinski definition) is 0. The van der Waals surface area contributed by atoms with E-state index in [9.17, 15) is 4.39 Å². The minimum atomic E-state index is -0.301. The van der Waals surface area contributed by atoms with E-state index in [0.29, 0.717) is 21.8 Å². The predicted octanol–water partition coefficient (Wildman–Crippen LogP) is 5.25. The van der Waals surface area contributed by atoms with Crippen LogP contribution in [0.4, 0.5) is 4.39 Å². The van der Waals surface area contributed by atoms with Gasteiger partial charge >= 0.3 is 0 Å². The Morgan fingerprint density at radius 1 is 0.950 bits per heavy atom. The van der Waals surface area contributed by atoms with Crippen LogP contribution in [0.3, 0.4) is 0 Å². The lowest BCUT2D eigenvalue weighted by molar-refractivity contribution is 0.628. The second-order valence-corrected chi connectivity index (χ2v) is 5.74. The number of rotatable bonds is 2. The van der Waals surface area contributed by atoms with E-state index in [2.05, 4.69) is 9.97 Å². The van der Waals surface area contributed by atoms with Crippen molar-refractivity contribution in [3.63, 3.8) is 0 Å². The summed E-state index contributed by atoms with van der Waals surface area (Å²) >= 11 is 12.5. The third kappa shape index (κ3) is 2.65. The van der Waals surface area contributed by atoms with Gasteiger partial charge in [-0.1, -0.05) is 48.2 Å². The minimum Gasteiger partial charge on any atom is -0.220 e. The van der Waals surface area contributed by atoms with Crippen LogP contribution in [0.25, 0.3) is 11.1 Å². The van der Waals surface area contributed by atoms with Gasteiger partial charge in [0.05, 0.1) is 5.56 Å². The number of benzene rings is 1. The smallest absolute Gasteiger partial charge is 0.142 e. The summed E-state index contributed by atoms with van der Waals surface area (Å²) in [6.07, 6.45) is 4.57. The highest BCUT2D eigenvalue weighted by atomic mass is 35.5. The van der Waals surface area contributed by atoms with Crippen molar-refractivity contribution in [3.8, 4) is 11.1 Å². The van der Waals surface area contributed by atoms with Crippen LogP contribution >= 0.6 is 23.2 Å². The maximum absolute atomic E-state index is 13.0. The van der Waals surface area contributed by atoms with Crippen molar-refractivity contribution in [1.82, 2.24) is 9.97 Å². The Morgan fingerprint density at radius 3 is 2.05 bits per heavy atom. The van der Waals surface area contributed by atoms with Crippen molar-refractivity contribution in [2.24, 2.45) is 0 Å². The summed E-state index contributed by atoms with van der Waals surface area (Å²) in [6.45, 7) is 0. The van der Waals surface area contributed by atoms with E-state index in [1.807, 2.05) is 0 Å². The first kappa shape index (κ1) is 13.8. The second kappa shape index (κ2) is 5.66. The fraction of sp³-hybridized carbons (Fsp3) is 0.333. The molecule has 0 atom stereocenters. The molecule has 2 nitrogen and oxygen atoms in total. The molecule has 1 heterocycles. The van der Waals surface area contributed by atoms with Crippen LogP contribution in [-0.2, 0) is 0 Å². The molecule has 1 aliphatic rings. The van der Waals surface area contributed by atoms with Crippen molar-refractivity contribution in [2.75, 3.05) is 0 Å². The van der Waals surface area contributed by atoms with Crippen LogP contribution in [0.1, 0.15) is 37.4 Å². The van der Waals surface area contributed by atoms with Crippen LogP contribution in [-0.4, -0.2) is 9.97 Å². The monoisotopic (exact) mass is 310 g/mol. The predicted molar refractivity (Wildman–Crippen MR) is 78.7 cm³/mol. The van der Waals surface area contributed by atoms with Gasteiger partial charge in [0, 0.05) is 5.92 Å². The first-order valence-corrected chi connectivity index (χ1v) is 7.39. The van der Waals surface area contributed by atoms with Crippen molar-refractivity contribution < 1.29 is 4.39 Å². The molecule has 0 amide bonds. The number of hydrogen-bond acceptors (Lipinski definition) is 2. The molecule has 0 saturated heterocycles. The first-order valence-electron chi connectivity index (χ1n) is 6.64. The third-order valence-electron chi connectivity index (χ3n) is 3.69. The topological polar surface area (TPSA) is 25.8 Å². The van der Waals surface area contributed by atoms with Gasteiger partial charge in [0.15, 0.2) is 0 Å². The molecule has 104 valence electrons. The third-order valence-corrected chi connectivity index (χ3v) is 4.24. The maximum Gasteiger partial charge on any atom is 0.142 e. The van der Waals surface area contributed by atoms with Crippen LogP contribution < -0.4 is 0 Å². The Morgan fingerprint density at radius 2 is 1.50 bits per heavy atom. The van der Waals surface area contributed by atoms with E-state index in [1.54, 1.807) is 12.1 Å². The summed E-state index contributed by atoms with van der Waals surface area (Å²) in [7, 11) is 0. The zero-order chi connectivity index (χ0) is 14.1. The van der Waals surface area contributed by atoms with Crippen LogP contribution in [0.15, 0.2) is 24.3 Å². The summed E-state index contributed by atoms with van der Waals surface area (Å²) < 4.78 is 13.0. The van der Waals surface area contributed by atoms with Crippen molar-refractivity contribution in [1.29, 1.82) is 0 Å². The molecule has 0 unspecified atom stereocenters. The standard InChI is InChI=1S/C15H13Cl2FN2/c16-13-12(9-5-7-11(18)8-6-9)14(17)20-15(19-13)10-3-1-2-4-10/h5-8,10H,1-4H2. The molecule has 1 saturated carbocycles. The zero-order valence-electron chi connectivity index (χ0n) is 10.7. The summed E-state index contributed by atoms with van der Waals surface area (Å²) in [4.78, 5) is 8.78. The average Bonchev–Trinajstić information content (AvgIpc) is 2.94. The number of halogens is 3. The van der Waals surface area contributed by atoms with E-state index in [1.165, 1.54) is 25.0 Å². The fourth-order valence-electron chi connectivity index (χ4n) is 2.64. The lowest BCUT2D eigenvalue weighted by Gasteiger charge is -2.12. The molecule has 0 spiro atoms. The van der Waals surface area contributed by atoms with Gasteiger partial charge in [-0.25, -0.2) is 14.4 Å². The molecular formula is C15H13Cl2FN2. The summed E-state index contributed by atoms with van der Waals surface area (Å²) in [5.74, 6) is 0.778. The number of aromatic nitrogens is 2. The van der Waals surface area contributed by atoms with Crippen molar-refractivity contribution in [2.45, 2.75) is 31.6 Å². The Bertz CT molecular complexity index is 599. The largest absolute Gasteiger partial charge is 0.220 e. The SMILES string of the molecule is Fc1ccc(-c2c(Cl)nc(C3CCCC3)nc2Cl)cc1. The van der Waals surface area contributed by atoms with Gasteiger partial charge in [-0.2, -0.15) is 0 Å². The molecule has 0 radical (unpaired) electrons. The van der Waals surface area contributed by atoms with Crippen molar-refractivity contribution in [3.05, 3.63) is 46.2 Å². The maximum atomic E-state index is 13.0. The van der Waals surface area contributed by atoms with Gasteiger partial charge in [0.25, 0.3) is 0 Å². The molecular weight excluding hydrogens is 298 g/mol. The molecule has 3 rings (SSSR count). The Balaban J connectivity index is 2.02. The fourth-order valence-corrected chi connectivity index (χ4v) is 3.26. The Kier molecular flexibility index (Phi) is 3.90. The van der Waals surface area contributed by atoms with E-state index in [4.69, 9.17) is 23.2 Å². The molecule has 2 aromatic rings. The summed E-state index contributed by atoms with van der Waals surface area (Å²) in [5, 5.41) is 0.664. The normalized spacial score (nSPS) is 15.8. The van der Waals surface area contributed by atoms with E-state index in [0.717, 1.165) is 24.2 Å². The zero-order valence-corrected chi connectivity index (χ0v) is 12.3. The molecule has 1 aromatic carbocycles. The molecule has 1 fully saturated rings. The highest BCUT2D eigenvalue weighted by molar-refractivity contribution is 6.37. The highest BCUT2D eigenvalue weighted by Gasteiger charge is 2.22. The first-order chi connectivity index (χ1) is 9.65. The van der Waals surface area contributed by atoms with Crippen molar-refractivity contribution >= 4 is 23.2 Å². The van der Waals surface area contributed by atoms with Gasteiger partial charge in [0.2, 0.25) is 0 Å². The van der Waals surface area contributed by atoms with Gasteiger partial charge < -0.3 is 0 Å². The Labute approximate surface area is 127 Å². The van der Waals surface area contributed by atoms with Crippen LogP contribution in [0.5, 0.6) is 0 Å². The van der Waals surface area contributed by atoms with Gasteiger partial charge in [-0.05, 0) is 30.5 Å². The minimum absolute atomic E-state index is 0.301. The van der Waals surface area contributed by atoms with Gasteiger partial charge in [-0.15, -0.1) is 0 Å². The van der Waals surface area contributed by atoms with E-state index < -0.39 is 0 Å². The summed E-state index contributed by atoms with van der Waals surface area (Å²) in [6, 6.07) is 5.99. The van der Waals surface area contributed by atoms with E-state index in [-0.39, 0.29) is 5.82 Å². The molecule has 0 bridgehead atoms. The van der Waals surface area contributed by atoms with Gasteiger partial charge in [-0.3, -0.25) is 0 Å². The molecule has 20 heavy (non-hydrogen) atoms. The lowest BCUT2D eigenvalue weighted by Crippen LogP contribution is -2.02. The average molecular weight is 311 g/mol. The molecule has 1 aromatic heterocycles. The van der Waals surface area contributed by atoms with Crippen LogP contribution in [0.2, 0.25) is 10.3 Å². The molecule has 5 heteroatoms. The Hall–Kier alpha value is -1.19. The van der Waals surface area contributed by atoms with Gasteiger partial charge in [0.1, 0.15) is 21.9 Å². The van der Waals surface area contributed by atoms with Crippen LogP contribution in [0, 0.1) is 5.82 Å². The number of nitrogens with zero attached hydrogens (tertiary/aromatic N) is 2. The van der Waals surface area contributed by atoms with E-state index >= 15 is 0 Å².